The third-order valence-corrected chi connectivity index (χ3v) is 3.73. The molecule has 2 aromatic heterocycles. The number of H-pyrrole nitrogens is 1. The van der Waals surface area contributed by atoms with Crippen molar-refractivity contribution in [2.24, 2.45) is 0 Å². The molecule has 0 saturated carbocycles. The number of anilines is 1. The van der Waals surface area contributed by atoms with E-state index in [0.717, 1.165) is 0 Å². The first kappa shape index (κ1) is 14.9. The van der Waals surface area contributed by atoms with E-state index in [1.54, 1.807) is 6.07 Å². The first-order valence-electron chi connectivity index (χ1n) is 6.83. The average Bonchev–Trinajstić information content (AvgIpc) is 2.50. The summed E-state index contributed by atoms with van der Waals surface area (Å²) in [6.07, 6.45) is 1.34. The van der Waals surface area contributed by atoms with E-state index >= 15 is 0 Å². The highest BCUT2D eigenvalue weighted by atomic mass is 35.5. The second kappa shape index (κ2) is 6.02. The monoisotopic (exact) mass is 324 g/mol. The van der Waals surface area contributed by atoms with Crippen molar-refractivity contribution in [2.45, 2.75) is 13.0 Å². The van der Waals surface area contributed by atoms with Gasteiger partial charge in [0, 0.05) is 30.9 Å². The molecular formula is C14H14ClFN4O2. The first-order valence-corrected chi connectivity index (χ1v) is 7.20. The highest BCUT2D eigenvalue weighted by Gasteiger charge is 2.22. The van der Waals surface area contributed by atoms with Gasteiger partial charge in [0.1, 0.15) is 10.8 Å². The van der Waals surface area contributed by atoms with Gasteiger partial charge in [0.15, 0.2) is 5.82 Å². The van der Waals surface area contributed by atoms with Crippen LogP contribution >= 0.6 is 11.6 Å². The molecule has 0 bridgehead atoms. The molecule has 0 aliphatic carbocycles. The van der Waals surface area contributed by atoms with Crippen molar-refractivity contribution in [3.63, 3.8) is 0 Å². The van der Waals surface area contributed by atoms with Gasteiger partial charge in [-0.2, -0.15) is 4.39 Å². The van der Waals surface area contributed by atoms with Gasteiger partial charge in [-0.25, -0.2) is 9.97 Å². The van der Waals surface area contributed by atoms with Crippen molar-refractivity contribution < 1.29 is 9.13 Å². The standard InChI is InChI=1S/C14H14ClFN4O2/c1-8-7-20(4-5-22-8)13-11(15)14(21)19-12(18-13)9-2-3-17-10(16)6-9/h2-3,6,8H,4-5,7H2,1H3,(H,18,19,21). The molecule has 1 saturated heterocycles. The van der Waals surface area contributed by atoms with Crippen molar-refractivity contribution in [1.82, 2.24) is 15.0 Å². The molecule has 3 rings (SSSR count). The maximum absolute atomic E-state index is 13.3. The van der Waals surface area contributed by atoms with Gasteiger partial charge in [0.2, 0.25) is 5.95 Å². The molecule has 22 heavy (non-hydrogen) atoms. The molecule has 0 spiro atoms. The fraction of sp³-hybridized carbons (Fsp3) is 0.357. The lowest BCUT2D eigenvalue weighted by Crippen LogP contribution is -2.42. The molecule has 0 aromatic carbocycles. The number of aromatic nitrogens is 3. The summed E-state index contributed by atoms with van der Waals surface area (Å²) in [5.74, 6) is -0.00530. The number of hydrogen-bond acceptors (Lipinski definition) is 5. The van der Waals surface area contributed by atoms with Crippen LogP contribution in [0.5, 0.6) is 0 Å². The average molecular weight is 325 g/mol. The second-order valence-corrected chi connectivity index (χ2v) is 5.42. The van der Waals surface area contributed by atoms with Gasteiger partial charge in [0.05, 0.1) is 12.7 Å². The SMILES string of the molecule is CC1CN(c2nc(-c3ccnc(F)c3)[nH]c(=O)c2Cl)CCO1. The zero-order valence-corrected chi connectivity index (χ0v) is 12.6. The lowest BCUT2D eigenvalue weighted by Gasteiger charge is -2.32. The molecule has 1 aliphatic heterocycles. The van der Waals surface area contributed by atoms with Gasteiger partial charge in [-0.1, -0.05) is 11.6 Å². The highest BCUT2D eigenvalue weighted by Crippen LogP contribution is 2.24. The van der Waals surface area contributed by atoms with Crippen molar-refractivity contribution >= 4 is 17.4 Å². The smallest absolute Gasteiger partial charge is 0.272 e. The number of nitrogens with zero attached hydrogens (tertiary/aromatic N) is 3. The van der Waals surface area contributed by atoms with E-state index in [2.05, 4.69) is 15.0 Å². The number of aromatic amines is 1. The minimum Gasteiger partial charge on any atom is -0.375 e. The molecule has 1 N–H and O–H groups in total. The van der Waals surface area contributed by atoms with Crippen molar-refractivity contribution in [1.29, 1.82) is 0 Å². The Morgan fingerprint density at radius 2 is 2.36 bits per heavy atom. The van der Waals surface area contributed by atoms with Crippen LogP contribution in [-0.4, -0.2) is 40.8 Å². The largest absolute Gasteiger partial charge is 0.375 e. The molecule has 6 nitrogen and oxygen atoms in total. The van der Waals surface area contributed by atoms with Crippen LogP contribution in [0.25, 0.3) is 11.4 Å². The number of hydrogen-bond donors (Lipinski definition) is 1. The normalized spacial score (nSPS) is 18.5. The predicted octanol–water partition coefficient (Wildman–Crippen LogP) is 1.85. The molecule has 0 radical (unpaired) electrons. The van der Waals surface area contributed by atoms with Crippen molar-refractivity contribution in [3.05, 3.63) is 39.7 Å². The van der Waals surface area contributed by atoms with Crippen LogP contribution in [0.1, 0.15) is 6.92 Å². The Morgan fingerprint density at radius 3 is 3.09 bits per heavy atom. The number of pyridine rings is 1. The number of ether oxygens (including phenoxy) is 1. The van der Waals surface area contributed by atoms with Gasteiger partial charge in [-0.3, -0.25) is 4.79 Å². The fourth-order valence-electron chi connectivity index (χ4n) is 2.35. The summed E-state index contributed by atoms with van der Waals surface area (Å²) in [7, 11) is 0. The Morgan fingerprint density at radius 1 is 1.55 bits per heavy atom. The Labute approximate surface area is 130 Å². The van der Waals surface area contributed by atoms with Crippen LogP contribution in [0.15, 0.2) is 23.1 Å². The summed E-state index contributed by atoms with van der Waals surface area (Å²) in [4.78, 5) is 24.4. The molecule has 116 valence electrons. The van der Waals surface area contributed by atoms with Gasteiger partial charge in [-0.15, -0.1) is 0 Å². The maximum Gasteiger partial charge on any atom is 0.272 e. The van der Waals surface area contributed by atoms with E-state index in [9.17, 15) is 9.18 Å². The van der Waals surface area contributed by atoms with Crippen LogP contribution in [-0.2, 0) is 4.74 Å². The quantitative estimate of drug-likeness (QED) is 0.854. The van der Waals surface area contributed by atoms with E-state index in [-0.39, 0.29) is 17.0 Å². The molecule has 8 heteroatoms. The van der Waals surface area contributed by atoms with E-state index in [4.69, 9.17) is 16.3 Å². The van der Waals surface area contributed by atoms with Gasteiger partial charge in [-0.05, 0) is 13.0 Å². The Bertz CT molecular complexity index is 752. The van der Waals surface area contributed by atoms with Crippen LogP contribution in [0.2, 0.25) is 5.02 Å². The molecule has 1 atom stereocenters. The predicted molar refractivity (Wildman–Crippen MR) is 80.7 cm³/mol. The Hall–Kier alpha value is -1.99. The van der Waals surface area contributed by atoms with Crippen molar-refractivity contribution in [2.75, 3.05) is 24.6 Å². The van der Waals surface area contributed by atoms with Gasteiger partial charge >= 0.3 is 0 Å². The van der Waals surface area contributed by atoms with Crippen LogP contribution in [0.3, 0.4) is 0 Å². The summed E-state index contributed by atoms with van der Waals surface area (Å²) in [5, 5.41) is 0.0207. The van der Waals surface area contributed by atoms with Crippen LogP contribution in [0, 0.1) is 5.95 Å². The van der Waals surface area contributed by atoms with Crippen LogP contribution < -0.4 is 10.5 Å². The minimum atomic E-state index is -0.642. The summed E-state index contributed by atoms with van der Waals surface area (Å²) in [6.45, 7) is 3.64. The van der Waals surface area contributed by atoms with Gasteiger partial charge in [0.25, 0.3) is 5.56 Å². The molecule has 1 aliphatic rings. The third kappa shape index (κ3) is 2.95. The third-order valence-electron chi connectivity index (χ3n) is 3.39. The summed E-state index contributed by atoms with van der Waals surface area (Å²) in [6, 6.07) is 2.78. The molecular weight excluding hydrogens is 311 g/mol. The summed E-state index contributed by atoms with van der Waals surface area (Å²) < 4.78 is 18.7. The lowest BCUT2D eigenvalue weighted by atomic mass is 10.2. The molecule has 2 aromatic rings. The minimum absolute atomic E-state index is 0.0207. The maximum atomic E-state index is 13.3. The first-order chi connectivity index (χ1) is 10.5. The van der Waals surface area contributed by atoms with Crippen LogP contribution in [0.4, 0.5) is 10.2 Å². The number of nitrogens with one attached hydrogen (secondary N) is 1. The lowest BCUT2D eigenvalue weighted by molar-refractivity contribution is 0.0529. The number of rotatable bonds is 2. The zero-order valence-electron chi connectivity index (χ0n) is 11.8. The number of halogens is 2. The van der Waals surface area contributed by atoms with Crippen molar-refractivity contribution in [3.8, 4) is 11.4 Å². The topological polar surface area (TPSA) is 71.1 Å². The molecule has 1 fully saturated rings. The van der Waals surface area contributed by atoms with E-state index < -0.39 is 11.5 Å². The summed E-state index contributed by atoms with van der Waals surface area (Å²) >= 11 is 6.09. The Kier molecular flexibility index (Phi) is 4.08. The zero-order chi connectivity index (χ0) is 15.7. The summed E-state index contributed by atoms with van der Waals surface area (Å²) in [5.41, 5.74) is -0.0261. The number of morpholine rings is 1. The molecule has 3 heterocycles. The molecule has 0 amide bonds. The molecule has 1 unspecified atom stereocenters. The second-order valence-electron chi connectivity index (χ2n) is 5.05. The fourth-order valence-corrected chi connectivity index (χ4v) is 2.56. The van der Waals surface area contributed by atoms with Gasteiger partial charge < -0.3 is 14.6 Å². The Balaban J connectivity index is 2.05. The van der Waals surface area contributed by atoms with E-state index in [0.29, 0.717) is 31.1 Å². The van der Waals surface area contributed by atoms with E-state index in [1.807, 2.05) is 11.8 Å². The highest BCUT2D eigenvalue weighted by molar-refractivity contribution is 6.32. The van der Waals surface area contributed by atoms with E-state index in [1.165, 1.54) is 12.3 Å².